The summed E-state index contributed by atoms with van der Waals surface area (Å²) in [5.74, 6) is -0.135. The van der Waals surface area contributed by atoms with E-state index in [4.69, 9.17) is 16.3 Å². The van der Waals surface area contributed by atoms with Gasteiger partial charge < -0.3 is 19.9 Å². The molecule has 3 rings (SSSR count). The van der Waals surface area contributed by atoms with Crippen LogP contribution in [0.3, 0.4) is 0 Å². The minimum atomic E-state index is -0.606. The second kappa shape index (κ2) is 11.4. The van der Waals surface area contributed by atoms with E-state index in [0.717, 1.165) is 5.13 Å². The summed E-state index contributed by atoms with van der Waals surface area (Å²) in [4.78, 5) is 38.6. The zero-order valence-electron chi connectivity index (χ0n) is 17.2. The van der Waals surface area contributed by atoms with E-state index in [9.17, 15) is 19.7 Å². The van der Waals surface area contributed by atoms with E-state index >= 15 is 0 Å². The van der Waals surface area contributed by atoms with Crippen LogP contribution in [-0.2, 0) is 9.53 Å². The maximum absolute atomic E-state index is 12.7. The number of ether oxygens (including phenoxy) is 1. The Kier molecular flexibility index (Phi) is 8.61. The fourth-order valence-electron chi connectivity index (χ4n) is 2.93. The fourth-order valence-corrected chi connectivity index (χ4v) is 4.84. The predicted octanol–water partition coefficient (Wildman–Crippen LogP) is 1.92. The number of nitrogens with one attached hydrogen (secondary N) is 1. The number of thioether (sulfide) groups is 1. The molecule has 0 atom stereocenters. The van der Waals surface area contributed by atoms with E-state index in [0.29, 0.717) is 43.7 Å². The minimum absolute atomic E-state index is 0.00577. The van der Waals surface area contributed by atoms with E-state index in [-0.39, 0.29) is 33.8 Å². The maximum Gasteiger partial charge on any atom is 0.288 e. The molecule has 1 aromatic heterocycles. The maximum atomic E-state index is 12.7. The molecule has 0 spiro atoms. The third-order valence-electron chi connectivity index (χ3n) is 4.58. The topological polar surface area (TPSA) is 131 Å². The largest absolute Gasteiger partial charge is 0.383 e. The zero-order valence-corrected chi connectivity index (χ0v) is 19.5. The normalized spacial score (nSPS) is 13.8. The number of halogens is 1. The van der Waals surface area contributed by atoms with Crippen molar-refractivity contribution in [1.82, 2.24) is 20.4 Å². The molecule has 0 bridgehead atoms. The van der Waals surface area contributed by atoms with Gasteiger partial charge in [-0.05, 0) is 12.1 Å². The highest BCUT2D eigenvalue weighted by Crippen LogP contribution is 2.29. The summed E-state index contributed by atoms with van der Waals surface area (Å²) in [5, 5.41) is 22.8. The Morgan fingerprint density at radius 3 is 2.75 bits per heavy atom. The third kappa shape index (κ3) is 6.28. The molecule has 2 heterocycles. The molecule has 0 radical (unpaired) electrons. The molecule has 1 aliphatic rings. The number of nitrogens with zero attached hydrogens (tertiary/aromatic N) is 5. The van der Waals surface area contributed by atoms with Gasteiger partial charge in [-0.3, -0.25) is 19.7 Å². The van der Waals surface area contributed by atoms with Gasteiger partial charge in [-0.2, -0.15) is 0 Å². The number of nitro benzene ring substituents is 1. The summed E-state index contributed by atoms with van der Waals surface area (Å²) in [6, 6.07) is 4.06. The number of methoxy groups -OCH3 is 1. The number of carbonyl (C=O) groups excluding carboxylic acids is 2. The van der Waals surface area contributed by atoms with Gasteiger partial charge in [0.25, 0.3) is 11.6 Å². The number of hydrogen-bond acceptors (Lipinski definition) is 10. The lowest BCUT2D eigenvalue weighted by Crippen LogP contribution is -2.48. The number of anilines is 1. The first-order valence-corrected chi connectivity index (χ1v) is 11.8. The van der Waals surface area contributed by atoms with Crippen molar-refractivity contribution < 1.29 is 19.2 Å². The van der Waals surface area contributed by atoms with Crippen LogP contribution >= 0.6 is 34.7 Å². The molecule has 14 heteroatoms. The standard InChI is InChI=1S/C18H21ClN6O5S2/c1-30-9-4-20-15(26)11-31-18-22-21-17(32-18)24-7-5-23(6-8-24)16(27)12-2-3-13(19)14(10-12)25(28)29/h2-3,10H,4-9,11H2,1H3,(H,20,26). The van der Waals surface area contributed by atoms with E-state index in [1.54, 1.807) is 12.0 Å². The molecule has 1 N–H and O–H groups in total. The molecule has 1 aliphatic heterocycles. The van der Waals surface area contributed by atoms with Gasteiger partial charge in [0.05, 0.1) is 17.3 Å². The van der Waals surface area contributed by atoms with E-state index in [2.05, 4.69) is 15.5 Å². The molecular formula is C18H21ClN6O5S2. The highest BCUT2D eigenvalue weighted by Gasteiger charge is 2.26. The van der Waals surface area contributed by atoms with Crippen molar-refractivity contribution >= 4 is 57.3 Å². The van der Waals surface area contributed by atoms with Gasteiger partial charge in [-0.1, -0.05) is 34.7 Å². The summed E-state index contributed by atoms with van der Waals surface area (Å²) < 4.78 is 5.58. The van der Waals surface area contributed by atoms with Crippen molar-refractivity contribution in [2.45, 2.75) is 4.34 Å². The highest BCUT2D eigenvalue weighted by atomic mass is 35.5. The van der Waals surface area contributed by atoms with Gasteiger partial charge in [0.2, 0.25) is 11.0 Å². The first kappa shape index (κ1) is 24.2. The van der Waals surface area contributed by atoms with Gasteiger partial charge in [0, 0.05) is 51.5 Å². The van der Waals surface area contributed by atoms with Gasteiger partial charge in [-0.25, -0.2) is 0 Å². The monoisotopic (exact) mass is 500 g/mol. The van der Waals surface area contributed by atoms with Crippen LogP contribution in [0.1, 0.15) is 10.4 Å². The molecule has 1 saturated heterocycles. The quantitative estimate of drug-likeness (QED) is 0.237. The number of benzene rings is 1. The van der Waals surface area contributed by atoms with Crippen LogP contribution in [0.4, 0.5) is 10.8 Å². The van der Waals surface area contributed by atoms with Crippen LogP contribution in [0.5, 0.6) is 0 Å². The summed E-state index contributed by atoms with van der Waals surface area (Å²) in [5.41, 5.74) is -0.0599. The first-order valence-electron chi connectivity index (χ1n) is 9.59. The number of piperazine rings is 1. The van der Waals surface area contributed by atoms with Crippen LogP contribution in [-0.4, -0.2) is 84.0 Å². The van der Waals surface area contributed by atoms with Crippen molar-refractivity contribution in [3.05, 3.63) is 38.9 Å². The minimum Gasteiger partial charge on any atom is -0.383 e. The molecule has 32 heavy (non-hydrogen) atoms. The van der Waals surface area contributed by atoms with Crippen LogP contribution in [0.25, 0.3) is 0 Å². The average molecular weight is 501 g/mol. The first-order chi connectivity index (χ1) is 15.4. The van der Waals surface area contributed by atoms with Crippen molar-refractivity contribution in [2.75, 3.05) is 57.1 Å². The van der Waals surface area contributed by atoms with Crippen molar-refractivity contribution in [2.24, 2.45) is 0 Å². The molecule has 172 valence electrons. The number of aromatic nitrogens is 2. The Bertz CT molecular complexity index is 983. The molecule has 2 amide bonds. The van der Waals surface area contributed by atoms with Crippen LogP contribution in [0.2, 0.25) is 5.02 Å². The summed E-state index contributed by atoms with van der Waals surface area (Å²) >= 11 is 8.53. The lowest BCUT2D eigenvalue weighted by molar-refractivity contribution is -0.384. The Morgan fingerprint density at radius 2 is 2.06 bits per heavy atom. The smallest absolute Gasteiger partial charge is 0.288 e. The van der Waals surface area contributed by atoms with Crippen LogP contribution < -0.4 is 10.2 Å². The number of rotatable bonds is 9. The summed E-state index contributed by atoms with van der Waals surface area (Å²) in [6.45, 7) is 2.92. The summed E-state index contributed by atoms with van der Waals surface area (Å²) in [7, 11) is 1.57. The van der Waals surface area contributed by atoms with Gasteiger partial charge in [-0.15, -0.1) is 10.2 Å². The average Bonchev–Trinajstić information content (AvgIpc) is 3.27. The van der Waals surface area contributed by atoms with Gasteiger partial charge >= 0.3 is 0 Å². The van der Waals surface area contributed by atoms with Gasteiger partial charge in [0.15, 0.2) is 4.34 Å². The predicted molar refractivity (Wildman–Crippen MR) is 122 cm³/mol. The lowest BCUT2D eigenvalue weighted by Gasteiger charge is -2.34. The number of nitro groups is 1. The number of hydrogen-bond donors (Lipinski definition) is 1. The molecule has 11 nitrogen and oxygen atoms in total. The SMILES string of the molecule is COCCNC(=O)CSc1nnc(N2CCN(C(=O)c3ccc(Cl)c([N+](=O)[O-])c3)CC2)s1. The molecule has 0 aliphatic carbocycles. The fraction of sp³-hybridized carbons (Fsp3) is 0.444. The number of carbonyl (C=O) groups is 2. The zero-order chi connectivity index (χ0) is 23.1. The van der Waals surface area contributed by atoms with Crippen molar-refractivity contribution in [3.63, 3.8) is 0 Å². The van der Waals surface area contributed by atoms with Crippen molar-refractivity contribution in [1.29, 1.82) is 0 Å². The third-order valence-corrected chi connectivity index (χ3v) is 7.02. The molecule has 1 aromatic carbocycles. The molecule has 0 saturated carbocycles. The molecule has 2 aromatic rings. The van der Waals surface area contributed by atoms with Crippen molar-refractivity contribution in [3.8, 4) is 0 Å². The Balaban J connectivity index is 1.51. The highest BCUT2D eigenvalue weighted by molar-refractivity contribution is 8.01. The Labute approximate surface area is 197 Å². The second-order valence-electron chi connectivity index (χ2n) is 6.68. The van der Waals surface area contributed by atoms with Crippen LogP contribution in [0, 0.1) is 10.1 Å². The number of amides is 2. The Morgan fingerprint density at radius 1 is 1.31 bits per heavy atom. The molecule has 1 fully saturated rings. The van der Waals surface area contributed by atoms with E-state index in [1.165, 1.54) is 41.3 Å². The molecule has 0 unspecified atom stereocenters. The second-order valence-corrected chi connectivity index (χ2v) is 9.27. The van der Waals surface area contributed by atoms with E-state index in [1.807, 2.05) is 4.90 Å². The Hall–Kier alpha value is -2.48. The lowest BCUT2D eigenvalue weighted by atomic mass is 10.1. The van der Waals surface area contributed by atoms with Gasteiger partial charge in [0.1, 0.15) is 5.02 Å². The van der Waals surface area contributed by atoms with Crippen LogP contribution in [0.15, 0.2) is 22.5 Å². The summed E-state index contributed by atoms with van der Waals surface area (Å²) in [6.07, 6.45) is 0. The molecular weight excluding hydrogens is 480 g/mol. The van der Waals surface area contributed by atoms with E-state index < -0.39 is 4.92 Å².